The molecular weight excluding hydrogens is 438 g/mol. The number of hydrogen-bond donors (Lipinski definition) is 1. The molecule has 0 unspecified atom stereocenters. The van der Waals surface area contributed by atoms with Crippen molar-refractivity contribution in [2.75, 3.05) is 27.4 Å². The lowest BCUT2D eigenvalue weighted by molar-refractivity contribution is -0.151. The van der Waals surface area contributed by atoms with Gasteiger partial charge in [0.1, 0.15) is 18.3 Å². The van der Waals surface area contributed by atoms with Gasteiger partial charge in [-0.2, -0.15) is 0 Å². The lowest BCUT2D eigenvalue weighted by Gasteiger charge is -2.38. The molecule has 0 saturated carbocycles. The number of benzene rings is 1. The van der Waals surface area contributed by atoms with Crippen molar-refractivity contribution in [2.45, 2.75) is 46.1 Å². The number of rotatable bonds is 8. The zero-order valence-corrected chi connectivity index (χ0v) is 20.6. The minimum absolute atomic E-state index is 0.0212. The molecule has 3 atom stereocenters. The Hall–Kier alpha value is -3.13. The molecule has 3 rings (SSSR count). The maximum absolute atomic E-state index is 13.7. The predicted molar refractivity (Wildman–Crippen MR) is 125 cm³/mol. The molecule has 1 aromatic carbocycles. The molecule has 8 heteroatoms. The molecule has 1 N–H and O–H groups in total. The molecule has 8 nitrogen and oxygen atoms in total. The molecule has 0 amide bonds. The summed E-state index contributed by atoms with van der Waals surface area (Å²) in [4.78, 5) is 39.4. The minimum Gasteiger partial charge on any atom is -0.497 e. The van der Waals surface area contributed by atoms with Crippen molar-refractivity contribution in [2.24, 2.45) is 11.8 Å². The van der Waals surface area contributed by atoms with E-state index in [2.05, 4.69) is 5.32 Å². The second-order valence-corrected chi connectivity index (χ2v) is 8.86. The van der Waals surface area contributed by atoms with Crippen LogP contribution in [0.4, 0.5) is 0 Å². The summed E-state index contributed by atoms with van der Waals surface area (Å²) in [7, 11) is 2.84. The molecular formula is C26H33NO7. The molecule has 0 aromatic heterocycles. The van der Waals surface area contributed by atoms with Gasteiger partial charge in [0.2, 0.25) is 0 Å². The van der Waals surface area contributed by atoms with Crippen LogP contribution in [0.2, 0.25) is 0 Å². The molecule has 1 heterocycles. The monoisotopic (exact) mass is 471 g/mol. The highest BCUT2D eigenvalue weighted by atomic mass is 16.6. The number of Topliss-reactive ketones (excluding diaryl/α,β-unsaturated/α-hetero) is 1. The number of ketones is 1. The number of nitrogens with one attached hydrogen (secondary N) is 1. The standard InChI is InChI=1S/C26H33NO7/c1-14(2)33-11-12-34-26(30)21-16(4)27-19-13-15(3)20(25(29)32-6)24(28)23(19)22(21)17-7-9-18(31-5)10-8-17/h7-10,14-15,20,22,27H,11-13H2,1-6H3/t15-,20-,22+/m1/s1. The van der Waals surface area contributed by atoms with Crippen molar-refractivity contribution < 1.29 is 33.3 Å². The molecule has 34 heavy (non-hydrogen) atoms. The highest BCUT2D eigenvalue weighted by Crippen LogP contribution is 2.45. The van der Waals surface area contributed by atoms with Crippen LogP contribution in [0.25, 0.3) is 0 Å². The number of hydrogen-bond acceptors (Lipinski definition) is 8. The first-order chi connectivity index (χ1) is 16.2. The first-order valence-corrected chi connectivity index (χ1v) is 11.4. The SMILES string of the molecule is COC(=O)[C@H]1C(=O)C2=C(C[C@H]1C)NC(C)=C(C(=O)OCCOC(C)C)[C@@H]2c1ccc(OC)cc1. The quantitative estimate of drug-likeness (QED) is 0.350. The van der Waals surface area contributed by atoms with Gasteiger partial charge in [0.25, 0.3) is 0 Å². The highest BCUT2D eigenvalue weighted by Gasteiger charge is 2.47. The van der Waals surface area contributed by atoms with Gasteiger partial charge in [-0.15, -0.1) is 0 Å². The van der Waals surface area contributed by atoms with Crippen LogP contribution in [0.3, 0.4) is 0 Å². The number of ether oxygens (including phenoxy) is 4. The van der Waals surface area contributed by atoms with E-state index in [0.717, 1.165) is 11.3 Å². The smallest absolute Gasteiger partial charge is 0.336 e. The number of carbonyl (C=O) groups excluding carboxylic acids is 3. The van der Waals surface area contributed by atoms with Crippen molar-refractivity contribution in [3.63, 3.8) is 0 Å². The third kappa shape index (κ3) is 5.17. The maximum Gasteiger partial charge on any atom is 0.336 e. The van der Waals surface area contributed by atoms with E-state index in [-0.39, 0.29) is 31.0 Å². The van der Waals surface area contributed by atoms with Crippen molar-refractivity contribution in [3.8, 4) is 5.75 Å². The van der Waals surface area contributed by atoms with E-state index in [1.807, 2.05) is 32.9 Å². The van der Waals surface area contributed by atoms with Crippen LogP contribution < -0.4 is 10.1 Å². The zero-order chi connectivity index (χ0) is 25.0. The minimum atomic E-state index is -0.929. The normalized spacial score (nSPS) is 22.3. The van der Waals surface area contributed by atoms with Crippen LogP contribution >= 0.6 is 0 Å². The molecule has 0 radical (unpaired) electrons. The van der Waals surface area contributed by atoms with Gasteiger partial charge in [-0.1, -0.05) is 19.1 Å². The second-order valence-electron chi connectivity index (χ2n) is 8.86. The van der Waals surface area contributed by atoms with Crippen LogP contribution in [0.1, 0.15) is 45.6 Å². The van der Waals surface area contributed by atoms with Crippen LogP contribution in [0.15, 0.2) is 46.8 Å². The Balaban J connectivity index is 2.03. The molecule has 0 spiro atoms. The van der Waals surface area contributed by atoms with Crippen molar-refractivity contribution in [1.82, 2.24) is 5.32 Å². The number of allylic oxidation sites excluding steroid dienone is 3. The molecule has 1 aliphatic carbocycles. The average molecular weight is 472 g/mol. The van der Waals surface area contributed by atoms with E-state index in [9.17, 15) is 14.4 Å². The van der Waals surface area contributed by atoms with Gasteiger partial charge >= 0.3 is 11.9 Å². The summed E-state index contributed by atoms with van der Waals surface area (Å²) in [5, 5.41) is 3.25. The lowest BCUT2D eigenvalue weighted by Crippen LogP contribution is -2.43. The summed E-state index contributed by atoms with van der Waals surface area (Å²) < 4.78 is 21.2. The molecule has 1 aromatic rings. The fraction of sp³-hybridized carbons (Fsp3) is 0.500. The number of methoxy groups -OCH3 is 2. The third-order valence-corrected chi connectivity index (χ3v) is 6.18. The maximum atomic E-state index is 13.7. The van der Waals surface area contributed by atoms with Gasteiger partial charge in [-0.3, -0.25) is 9.59 Å². The summed E-state index contributed by atoms with van der Waals surface area (Å²) >= 11 is 0. The summed E-state index contributed by atoms with van der Waals surface area (Å²) in [6.07, 6.45) is 0.503. The fourth-order valence-electron chi connectivity index (χ4n) is 4.58. The molecule has 184 valence electrons. The number of esters is 2. The van der Waals surface area contributed by atoms with Crippen molar-refractivity contribution in [1.29, 1.82) is 0 Å². The first kappa shape index (κ1) is 25.5. The van der Waals surface area contributed by atoms with E-state index in [4.69, 9.17) is 18.9 Å². The Kier molecular flexibility index (Phi) is 8.15. The third-order valence-electron chi connectivity index (χ3n) is 6.18. The first-order valence-electron chi connectivity index (χ1n) is 11.4. The Morgan fingerprint density at radius 2 is 1.79 bits per heavy atom. The van der Waals surface area contributed by atoms with Crippen LogP contribution in [0.5, 0.6) is 5.75 Å². The van der Waals surface area contributed by atoms with Crippen LogP contribution in [-0.4, -0.2) is 51.3 Å². The van der Waals surface area contributed by atoms with E-state index in [1.54, 1.807) is 26.2 Å². The summed E-state index contributed by atoms with van der Waals surface area (Å²) in [5.41, 5.74) is 2.79. The Morgan fingerprint density at radius 1 is 1.12 bits per heavy atom. The molecule has 0 saturated heterocycles. The van der Waals surface area contributed by atoms with Gasteiger partial charge in [0.15, 0.2) is 5.78 Å². The topological polar surface area (TPSA) is 100 Å². The van der Waals surface area contributed by atoms with Gasteiger partial charge in [0.05, 0.1) is 32.5 Å². The van der Waals surface area contributed by atoms with Gasteiger partial charge < -0.3 is 24.3 Å². The van der Waals surface area contributed by atoms with Crippen LogP contribution in [0, 0.1) is 11.8 Å². The van der Waals surface area contributed by atoms with Gasteiger partial charge in [0, 0.05) is 22.9 Å². The van der Waals surface area contributed by atoms with Crippen molar-refractivity contribution >= 4 is 17.7 Å². The molecule has 2 aliphatic rings. The van der Waals surface area contributed by atoms with Crippen LogP contribution in [-0.2, 0) is 28.6 Å². The largest absolute Gasteiger partial charge is 0.497 e. The summed E-state index contributed by atoms with van der Waals surface area (Å²) in [6, 6.07) is 7.20. The Labute approximate surface area is 200 Å². The van der Waals surface area contributed by atoms with E-state index >= 15 is 0 Å². The zero-order valence-electron chi connectivity index (χ0n) is 20.6. The lowest BCUT2D eigenvalue weighted by atomic mass is 9.69. The highest BCUT2D eigenvalue weighted by molar-refractivity contribution is 6.12. The number of carbonyl (C=O) groups is 3. The Morgan fingerprint density at radius 3 is 2.38 bits per heavy atom. The fourth-order valence-corrected chi connectivity index (χ4v) is 4.58. The second kappa shape index (κ2) is 10.9. The van der Waals surface area contributed by atoms with Crippen molar-refractivity contribution in [3.05, 3.63) is 52.4 Å². The van der Waals surface area contributed by atoms with Gasteiger partial charge in [-0.25, -0.2) is 4.79 Å². The number of dihydropyridines is 1. The summed E-state index contributed by atoms with van der Waals surface area (Å²) in [5.74, 6) is -2.65. The molecule has 1 aliphatic heterocycles. The predicted octanol–water partition coefficient (Wildman–Crippen LogP) is 3.28. The average Bonchev–Trinajstić information content (AvgIpc) is 2.80. The molecule has 0 fully saturated rings. The van der Waals surface area contributed by atoms with Gasteiger partial charge in [-0.05, 0) is 50.8 Å². The van der Waals surface area contributed by atoms with E-state index in [0.29, 0.717) is 29.0 Å². The van der Waals surface area contributed by atoms with E-state index < -0.39 is 23.8 Å². The van der Waals surface area contributed by atoms with E-state index in [1.165, 1.54) is 7.11 Å². The summed E-state index contributed by atoms with van der Waals surface area (Å²) in [6.45, 7) is 7.81. The molecule has 0 bridgehead atoms. The Bertz CT molecular complexity index is 1010.